The highest BCUT2D eigenvalue weighted by Crippen LogP contribution is 2.29. The molecule has 2 unspecified atom stereocenters. The van der Waals surface area contributed by atoms with Crippen molar-refractivity contribution in [1.29, 1.82) is 0 Å². The number of likely N-dealkylation sites (tertiary alicyclic amines) is 1. The van der Waals surface area contributed by atoms with Gasteiger partial charge in [-0.1, -0.05) is 6.92 Å². The Bertz CT molecular complexity index is 313. The second-order valence-electron chi connectivity index (χ2n) is 5.19. The maximum atomic E-state index is 11.4. The largest absolute Gasteiger partial charge is 0.481 e. The molecule has 96 valence electrons. The van der Waals surface area contributed by atoms with E-state index in [0.717, 1.165) is 32.5 Å². The summed E-state index contributed by atoms with van der Waals surface area (Å²) in [5.41, 5.74) is 0. The maximum Gasteiger partial charge on any atom is 0.306 e. The Morgan fingerprint density at radius 1 is 1.53 bits per heavy atom. The monoisotopic (exact) mass is 240 g/mol. The molecule has 2 saturated heterocycles. The molecule has 2 atom stereocenters. The van der Waals surface area contributed by atoms with Gasteiger partial charge in [0.25, 0.3) is 0 Å². The van der Waals surface area contributed by atoms with Gasteiger partial charge in [-0.3, -0.25) is 14.5 Å². The lowest BCUT2D eigenvalue weighted by Gasteiger charge is -2.45. The van der Waals surface area contributed by atoms with Gasteiger partial charge in [0, 0.05) is 32.1 Å². The minimum atomic E-state index is -0.715. The zero-order chi connectivity index (χ0) is 12.4. The zero-order valence-electron chi connectivity index (χ0n) is 10.2. The molecule has 0 radical (unpaired) electrons. The van der Waals surface area contributed by atoms with Gasteiger partial charge in [-0.05, 0) is 18.8 Å². The van der Waals surface area contributed by atoms with Crippen LogP contribution in [-0.4, -0.2) is 47.6 Å². The molecule has 0 spiro atoms. The van der Waals surface area contributed by atoms with E-state index in [1.165, 1.54) is 0 Å². The van der Waals surface area contributed by atoms with Gasteiger partial charge in [-0.25, -0.2) is 0 Å². The van der Waals surface area contributed by atoms with Gasteiger partial charge in [-0.2, -0.15) is 0 Å². The summed E-state index contributed by atoms with van der Waals surface area (Å²) < 4.78 is 0. The third kappa shape index (κ3) is 2.77. The first kappa shape index (κ1) is 12.4. The second kappa shape index (κ2) is 5.04. The molecule has 0 aromatic heterocycles. The van der Waals surface area contributed by atoms with Crippen LogP contribution in [0.4, 0.5) is 0 Å². The van der Waals surface area contributed by atoms with Gasteiger partial charge in [0.15, 0.2) is 0 Å². The summed E-state index contributed by atoms with van der Waals surface area (Å²) in [4.78, 5) is 24.5. The van der Waals surface area contributed by atoms with Crippen molar-refractivity contribution in [3.05, 3.63) is 0 Å². The van der Waals surface area contributed by atoms with Crippen molar-refractivity contribution >= 4 is 11.9 Å². The molecule has 2 fully saturated rings. The summed E-state index contributed by atoms with van der Waals surface area (Å²) >= 11 is 0. The van der Waals surface area contributed by atoms with E-state index in [1.54, 1.807) is 6.92 Å². The molecular formula is C12H20N2O3. The van der Waals surface area contributed by atoms with E-state index in [-0.39, 0.29) is 17.7 Å². The van der Waals surface area contributed by atoms with E-state index >= 15 is 0 Å². The van der Waals surface area contributed by atoms with Crippen molar-refractivity contribution in [3.8, 4) is 0 Å². The highest BCUT2D eigenvalue weighted by atomic mass is 16.4. The molecule has 2 aliphatic heterocycles. The summed E-state index contributed by atoms with van der Waals surface area (Å²) in [5.74, 6) is -0.611. The number of nitrogens with zero attached hydrogens (tertiary/aromatic N) is 1. The lowest BCUT2D eigenvalue weighted by Crippen LogP contribution is -2.55. The lowest BCUT2D eigenvalue weighted by molar-refractivity contribution is -0.146. The predicted octanol–water partition coefficient (Wildman–Crippen LogP) is 0.308. The smallest absolute Gasteiger partial charge is 0.306 e. The fourth-order valence-electron chi connectivity index (χ4n) is 2.63. The topological polar surface area (TPSA) is 69.6 Å². The van der Waals surface area contributed by atoms with Crippen LogP contribution < -0.4 is 5.32 Å². The van der Waals surface area contributed by atoms with Crippen molar-refractivity contribution in [2.75, 3.05) is 19.6 Å². The van der Waals surface area contributed by atoms with Crippen LogP contribution in [0.25, 0.3) is 0 Å². The zero-order valence-corrected chi connectivity index (χ0v) is 10.2. The van der Waals surface area contributed by atoms with Gasteiger partial charge < -0.3 is 10.4 Å². The number of rotatable bonds is 3. The van der Waals surface area contributed by atoms with Crippen molar-refractivity contribution in [2.24, 2.45) is 11.8 Å². The Labute approximate surface area is 101 Å². The van der Waals surface area contributed by atoms with E-state index in [1.807, 2.05) is 0 Å². The van der Waals surface area contributed by atoms with Crippen LogP contribution in [0.1, 0.15) is 26.2 Å². The summed E-state index contributed by atoms with van der Waals surface area (Å²) in [6, 6.07) is 0.315. The molecule has 2 N–H and O–H groups in total. The molecule has 0 aliphatic carbocycles. The number of nitrogens with one attached hydrogen (secondary N) is 1. The number of carboxylic acid groups (broad SMARTS) is 1. The Morgan fingerprint density at radius 2 is 2.24 bits per heavy atom. The van der Waals surface area contributed by atoms with Crippen LogP contribution >= 0.6 is 0 Å². The molecule has 0 aromatic rings. The van der Waals surface area contributed by atoms with E-state index in [9.17, 15) is 9.59 Å². The predicted molar refractivity (Wildman–Crippen MR) is 62.5 cm³/mol. The molecule has 0 saturated carbocycles. The standard InChI is InChI=1S/C12H20N2O3/c1-8(12(16)17)9-6-14(7-9)10-3-2-4-13-11(15)5-10/h8-10H,2-7H2,1H3,(H,13,15)(H,16,17). The van der Waals surface area contributed by atoms with Gasteiger partial charge in [0.2, 0.25) is 5.91 Å². The van der Waals surface area contributed by atoms with Gasteiger partial charge in [0.1, 0.15) is 0 Å². The number of hydrogen-bond acceptors (Lipinski definition) is 3. The first-order chi connectivity index (χ1) is 8.08. The highest BCUT2D eigenvalue weighted by Gasteiger charge is 2.38. The Balaban J connectivity index is 1.82. The van der Waals surface area contributed by atoms with Crippen LogP contribution in [0, 0.1) is 11.8 Å². The number of carbonyl (C=O) groups excluding carboxylic acids is 1. The number of carboxylic acids is 1. The van der Waals surface area contributed by atoms with Crippen LogP contribution in [-0.2, 0) is 9.59 Å². The first-order valence-electron chi connectivity index (χ1n) is 6.31. The average molecular weight is 240 g/mol. The molecule has 1 amide bonds. The molecule has 0 aromatic carbocycles. The fourth-order valence-corrected chi connectivity index (χ4v) is 2.63. The Hall–Kier alpha value is -1.10. The number of aliphatic carboxylic acids is 1. The summed E-state index contributed by atoms with van der Waals surface area (Å²) in [6.45, 7) is 4.19. The van der Waals surface area contributed by atoms with E-state index in [2.05, 4.69) is 10.2 Å². The molecule has 5 nitrogen and oxygen atoms in total. The third-order valence-electron chi connectivity index (χ3n) is 4.01. The van der Waals surface area contributed by atoms with Crippen molar-refractivity contribution in [3.63, 3.8) is 0 Å². The van der Waals surface area contributed by atoms with E-state index < -0.39 is 5.97 Å². The highest BCUT2D eigenvalue weighted by molar-refractivity contribution is 5.76. The molecule has 0 bridgehead atoms. The Morgan fingerprint density at radius 3 is 2.88 bits per heavy atom. The van der Waals surface area contributed by atoms with Crippen molar-refractivity contribution in [2.45, 2.75) is 32.2 Å². The number of amides is 1. The van der Waals surface area contributed by atoms with Gasteiger partial charge in [0.05, 0.1) is 5.92 Å². The quantitative estimate of drug-likeness (QED) is 0.745. The molecular weight excluding hydrogens is 220 g/mol. The lowest BCUT2D eigenvalue weighted by atomic mass is 9.85. The van der Waals surface area contributed by atoms with Crippen LogP contribution in [0.15, 0.2) is 0 Å². The minimum Gasteiger partial charge on any atom is -0.481 e. The normalized spacial score (nSPS) is 29.0. The molecule has 17 heavy (non-hydrogen) atoms. The van der Waals surface area contributed by atoms with Crippen molar-refractivity contribution in [1.82, 2.24) is 10.2 Å². The maximum absolute atomic E-state index is 11.4. The Kier molecular flexibility index (Phi) is 3.66. The van der Waals surface area contributed by atoms with Gasteiger partial charge in [-0.15, -0.1) is 0 Å². The fraction of sp³-hybridized carbons (Fsp3) is 0.833. The number of hydrogen-bond donors (Lipinski definition) is 2. The van der Waals surface area contributed by atoms with Gasteiger partial charge >= 0.3 is 5.97 Å². The molecule has 2 rings (SSSR count). The van der Waals surface area contributed by atoms with E-state index in [4.69, 9.17) is 5.11 Å². The summed E-state index contributed by atoms with van der Waals surface area (Å²) in [5, 5.41) is 11.8. The third-order valence-corrected chi connectivity index (χ3v) is 4.01. The SMILES string of the molecule is CC(C(=O)O)C1CN(C2CCCNC(=O)C2)C1. The van der Waals surface area contributed by atoms with Crippen LogP contribution in [0.2, 0.25) is 0 Å². The second-order valence-corrected chi connectivity index (χ2v) is 5.19. The molecule has 5 heteroatoms. The summed E-state index contributed by atoms with van der Waals surface area (Å²) in [6.07, 6.45) is 2.62. The molecule has 2 heterocycles. The summed E-state index contributed by atoms with van der Waals surface area (Å²) in [7, 11) is 0. The van der Waals surface area contributed by atoms with E-state index in [0.29, 0.717) is 12.5 Å². The minimum absolute atomic E-state index is 0.127. The van der Waals surface area contributed by atoms with Crippen LogP contribution in [0.3, 0.4) is 0 Å². The average Bonchev–Trinajstić information content (AvgIpc) is 2.40. The number of carbonyl (C=O) groups is 2. The first-order valence-corrected chi connectivity index (χ1v) is 6.31. The van der Waals surface area contributed by atoms with Crippen molar-refractivity contribution < 1.29 is 14.7 Å². The molecule has 2 aliphatic rings. The van der Waals surface area contributed by atoms with Crippen LogP contribution in [0.5, 0.6) is 0 Å².